The first-order chi connectivity index (χ1) is 16.4. The van der Waals surface area contributed by atoms with Gasteiger partial charge >= 0.3 is 11.9 Å². The molecule has 2 rings (SSSR count). The van der Waals surface area contributed by atoms with Gasteiger partial charge in [0.1, 0.15) is 23.8 Å². The summed E-state index contributed by atoms with van der Waals surface area (Å²) < 4.78 is 35.3. The minimum Gasteiger partial charge on any atom is -0.493 e. The average molecular weight is 510 g/mol. The summed E-state index contributed by atoms with van der Waals surface area (Å²) in [5.74, 6) is -3.06. The number of benzene rings is 1. The Hall–Kier alpha value is -3.20. The molecule has 1 aromatic carbocycles. The zero-order valence-corrected chi connectivity index (χ0v) is 21.2. The molecule has 0 bridgehead atoms. The Bertz CT molecular complexity index is 1060. The van der Waals surface area contributed by atoms with Gasteiger partial charge in [0, 0.05) is 36.7 Å². The smallest absolute Gasteiger partial charge is 0.309 e. The highest BCUT2D eigenvalue weighted by Gasteiger charge is 2.31. The lowest BCUT2D eigenvalue weighted by Gasteiger charge is -2.29. The fraction of sp³-hybridized carbons (Fsp3) is 0.440. The minimum absolute atomic E-state index is 0.107. The maximum absolute atomic E-state index is 13.6. The van der Waals surface area contributed by atoms with Gasteiger partial charge in [0.05, 0.1) is 13.0 Å². The zero-order valence-electron chi connectivity index (χ0n) is 20.5. The Kier molecular flexibility index (Phi) is 10.0. The third-order valence-corrected chi connectivity index (χ3v) is 5.24. The summed E-state index contributed by atoms with van der Waals surface area (Å²) in [6.45, 7) is 8.11. The van der Waals surface area contributed by atoms with Gasteiger partial charge in [0.2, 0.25) is 5.75 Å². The molecular formula is C25H29ClFNO7. The van der Waals surface area contributed by atoms with Gasteiger partial charge in [0.25, 0.3) is 0 Å². The van der Waals surface area contributed by atoms with E-state index in [0.29, 0.717) is 0 Å². The number of rotatable bonds is 11. The second kappa shape index (κ2) is 12.5. The molecular weight excluding hydrogens is 481 g/mol. The van der Waals surface area contributed by atoms with Crippen LogP contribution in [0, 0.1) is 17.7 Å². The Morgan fingerprint density at radius 1 is 1.11 bits per heavy atom. The number of halogens is 2. The molecule has 35 heavy (non-hydrogen) atoms. The van der Waals surface area contributed by atoms with Gasteiger partial charge < -0.3 is 18.9 Å². The maximum atomic E-state index is 13.6. The van der Waals surface area contributed by atoms with E-state index in [1.165, 1.54) is 38.4 Å². The highest BCUT2D eigenvalue weighted by Crippen LogP contribution is 2.31. The molecule has 0 unspecified atom stereocenters. The van der Waals surface area contributed by atoms with Gasteiger partial charge in [-0.1, -0.05) is 32.4 Å². The average Bonchev–Trinajstić information content (AvgIpc) is 2.75. The molecule has 1 aromatic heterocycles. The number of carbonyl (C=O) groups is 3. The van der Waals surface area contributed by atoms with Gasteiger partial charge in [-0.15, -0.1) is 0 Å². The van der Waals surface area contributed by atoms with Crippen LogP contribution in [0.25, 0.3) is 0 Å². The molecule has 8 nitrogen and oxygen atoms in total. The number of ketones is 1. The summed E-state index contributed by atoms with van der Waals surface area (Å²) >= 11 is 5.88. The summed E-state index contributed by atoms with van der Waals surface area (Å²) in [5, 5.41) is 0.178. The van der Waals surface area contributed by atoms with Crippen LogP contribution in [0.1, 0.15) is 51.5 Å². The van der Waals surface area contributed by atoms with Crippen LogP contribution in [0.3, 0.4) is 0 Å². The van der Waals surface area contributed by atoms with E-state index in [1.54, 1.807) is 13.8 Å². The van der Waals surface area contributed by atoms with Gasteiger partial charge in [-0.25, -0.2) is 9.37 Å². The lowest BCUT2D eigenvalue weighted by atomic mass is 10.00. The van der Waals surface area contributed by atoms with Crippen molar-refractivity contribution in [2.24, 2.45) is 11.8 Å². The Morgan fingerprint density at radius 2 is 1.80 bits per heavy atom. The van der Waals surface area contributed by atoms with Crippen LogP contribution >= 0.6 is 11.6 Å². The lowest BCUT2D eigenvalue weighted by Crippen LogP contribution is -2.39. The van der Waals surface area contributed by atoms with Crippen LogP contribution in [0.15, 0.2) is 30.5 Å². The van der Waals surface area contributed by atoms with Crippen LogP contribution in [0.2, 0.25) is 5.02 Å². The molecule has 0 aliphatic rings. The topological polar surface area (TPSA) is 101 Å². The van der Waals surface area contributed by atoms with E-state index in [2.05, 4.69) is 4.98 Å². The maximum Gasteiger partial charge on any atom is 0.309 e. The first-order valence-electron chi connectivity index (χ1n) is 11.0. The molecule has 0 amide bonds. The summed E-state index contributed by atoms with van der Waals surface area (Å²) in [6, 6.07) is 5.25. The molecule has 0 fully saturated rings. The third kappa shape index (κ3) is 7.92. The van der Waals surface area contributed by atoms with Crippen LogP contribution in [-0.2, 0) is 14.3 Å². The van der Waals surface area contributed by atoms with Gasteiger partial charge in [-0.2, -0.15) is 0 Å². The summed E-state index contributed by atoms with van der Waals surface area (Å²) in [6.07, 6.45) is -0.217. The van der Waals surface area contributed by atoms with E-state index in [0.717, 1.165) is 6.07 Å². The first kappa shape index (κ1) is 28.0. The predicted octanol–water partition coefficient (Wildman–Crippen LogP) is 5.05. The SMILES string of the molecule is COc1ccnc(C(=O)C[C@@H](C)C(=O)O[C@H](C(C)C)[C@H](C)Oc2cc(F)cc(Cl)c2)c1OC(C)=O. The molecule has 3 atom stereocenters. The normalized spacial score (nSPS) is 13.5. The van der Waals surface area contributed by atoms with Crippen molar-refractivity contribution in [2.75, 3.05) is 7.11 Å². The first-order valence-corrected chi connectivity index (χ1v) is 11.4. The standard InChI is InChI=1S/C25H29ClFNO7/c1-13(2)23(15(4)33-19-11-17(26)10-18(27)12-19)35-25(31)14(3)9-20(30)22-24(34-16(5)29)21(32-6)7-8-28-22/h7-8,10-15,23H,9H2,1-6H3/t14-,15+,23-/m1/s1. The fourth-order valence-corrected chi connectivity index (χ4v) is 3.60. The number of methoxy groups -OCH3 is 1. The van der Waals surface area contributed by atoms with Crippen molar-refractivity contribution in [1.29, 1.82) is 0 Å². The number of aromatic nitrogens is 1. The number of pyridine rings is 1. The van der Waals surface area contributed by atoms with E-state index >= 15 is 0 Å². The minimum atomic E-state index is -0.835. The predicted molar refractivity (Wildman–Crippen MR) is 126 cm³/mol. The van der Waals surface area contributed by atoms with E-state index in [9.17, 15) is 18.8 Å². The molecule has 0 saturated carbocycles. The van der Waals surface area contributed by atoms with E-state index < -0.39 is 41.7 Å². The van der Waals surface area contributed by atoms with E-state index in [-0.39, 0.29) is 40.3 Å². The zero-order chi connectivity index (χ0) is 26.3. The fourth-order valence-electron chi connectivity index (χ4n) is 3.39. The van der Waals surface area contributed by atoms with Crippen molar-refractivity contribution >= 4 is 29.3 Å². The van der Waals surface area contributed by atoms with Crippen molar-refractivity contribution < 1.29 is 37.7 Å². The van der Waals surface area contributed by atoms with Crippen LogP contribution < -0.4 is 14.2 Å². The molecule has 0 radical (unpaired) electrons. The highest BCUT2D eigenvalue weighted by atomic mass is 35.5. The quantitative estimate of drug-likeness (QED) is 0.306. The molecule has 2 aromatic rings. The van der Waals surface area contributed by atoms with E-state index in [4.69, 9.17) is 30.5 Å². The van der Waals surface area contributed by atoms with E-state index in [1.807, 2.05) is 13.8 Å². The number of esters is 2. The Morgan fingerprint density at radius 3 is 2.37 bits per heavy atom. The van der Waals surface area contributed by atoms with Crippen LogP contribution in [0.4, 0.5) is 4.39 Å². The number of carbonyl (C=O) groups excluding carboxylic acids is 3. The summed E-state index contributed by atoms with van der Waals surface area (Å²) in [4.78, 5) is 41.2. The van der Waals surface area contributed by atoms with Crippen molar-refractivity contribution in [3.63, 3.8) is 0 Å². The lowest BCUT2D eigenvalue weighted by molar-refractivity contribution is -0.161. The molecule has 1 heterocycles. The number of ether oxygens (including phenoxy) is 4. The van der Waals surface area contributed by atoms with Crippen molar-refractivity contribution in [3.8, 4) is 17.2 Å². The van der Waals surface area contributed by atoms with Gasteiger partial charge in [-0.05, 0) is 25.0 Å². The number of nitrogens with zero attached hydrogens (tertiary/aromatic N) is 1. The molecule has 10 heteroatoms. The molecule has 0 N–H and O–H groups in total. The molecule has 0 saturated heterocycles. The highest BCUT2D eigenvalue weighted by molar-refractivity contribution is 6.30. The van der Waals surface area contributed by atoms with Crippen molar-refractivity contribution in [3.05, 3.63) is 47.0 Å². The Labute approximate surface area is 208 Å². The van der Waals surface area contributed by atoms with Gasteiger partial charge in [0.15, 0.2) is 17.2 Å². The molecule has 190 valence electrons. The monoisotopic (exact) mass is 509 g/mol. The molecule has 0 aliphatic carbocycles. The van der Waals surface area contributed by atoms with Crippen molar-refractivity contribution in [1.82, 2.24) is 4.98 Å². The molecule has 0 aliphatic heterocycles. The second-order valence-electron chi connectivity index (χ2n) is 8.39. The van der Waals surface area contributed by atoms with Crippen LogP contribution in [-0.4, -0.2) is 42.0 Å². The summed E-state index contributed by atoms with van der Waals surface area (Å²) in [7, 11) is 1.36. The van der Waals surface area contributed by atoms with Crippen LogP contribution in [0.5, 0.6) is 17.2 Å². The second-order valence-corrected chi connectivity index (χ2v) is 8.82. The Balaban J connectivity index is 2.12. The van der Waals surface area contributed by atoms with Crippen molar-refractivity contribution in [2.45, 2.75) is 53.2 Å². The number of Topliss-reactive ketones (excluding diaryl/α,β-unsaturated/α-hetero) is 1. The number of hydrogen-bond acceptors (Lipinski definition) is 8. The third-order valence-electron chi connectivity index (χ3n) is 5.02. The van der Waals surface area contributed by atoms with Gasteiger partial charge in [-0.3, -0.25) is 14.4 Å². The summed E-state index contributed by atoms with van der Waals surface area (Å²) in [5.41, 5.74) is -0.126. The number of hydrogen-bond donors (Lipinski definition) is 0. The largest absolute Gasteiger partial charge is 0.493 e. The molecule has 0 spiro atoms.